The summed E-state index contributed by atoms with van der Waals surface area (Å²) in [6.45, 7) is 4.33. The van der Waals surface area contributed by atoms with E-state index in [9.17, 15) is 0 Å². The Morgan fingerprint density at radius 1 is 0.680 bits per heavy atom. The number of hydrogen-bond acceptors (Lipinski definition) is 6. The molecule has 8 N–H and O–H groups in total. The number of carboxylic acid groups (broad SMARTS) is 4. The maximum Gasteiger partial charge on any atom is 1.00 e. The van der Waals surface area contributed by atoms with Crippen molar-refractivity contribution in [2.75, 3.05) is 0 Å². The van der Waals surface area contributed by atoms with Crippen molar-refractivity contribution in [2.45, 2.75) is 65.5 Å². The molecule has 11 heteroatoms. The molecule has 0 heterocycles. The Morgan fingerprint density at radius 3 is 0.920 bits per heavy atom. The second-order valence-electron chi connectivity index (χ2n) is 4.87. The third-order valence-corrected chi connectivity index (χ3v) is 1.78. The van der Waals surface area contributed by atoms with Gasteiger partial charge in [-0.3, -0.25) is 19.2 Å². The Bertz CT molecular complexity index is 310. The molecule has 0 aliphatic heterocycles. The monoisotopic (exact) mass is 378 g/mol. The molecule has 25 heavy (non-hydrogen) atoms. The zero-order chi connectivity index (χ0) is 20.3. The molecule has 1 aliphatic carbocycles. The molecule has 1 aliphatic rings. The Hall–Kier alpha value is -1.20. The van der Waals surface area contributed by atoms with E-state index < -0.39 is 23.9 Å². The van der Waals surface area contributed by atoms with Gasteiger partial charge in [0.25, 0.3) is 23.9 Å². The normalized spacial score (nSPS) is 12.9. The fourth-order valence-electron chi connectivity index (χ4n) is 1.21. The minimum absolute atomic E-state index is 0. The standard InChI is InChI=1S/C6H14N2.4C2H4O2.Na.H/c7-6(8)4-2-1-3-5-6;4*1-2(3)4;;/h1-5,7-8H2;4*1H3,(H,3,4);;/q;;;;;+1;-1. The van der Waals surface area contributed by atoms with Crippen molar-refractivity contribution in [3.63, 3.8) is 0 Å². The predicted molar refractivity (Wildman–Crippen MR) is 88.5 cm³/mol. The van der Waals surface area contributed by atoms with E-state index in [1.165, 1.54) is 19.3 Å². The van der Waals surface area contributed by atoms with Gasteiger partial charge in [-0.05, 0) is 12.8 Å². The van der Waals surface area contributed by atoms with Crippen LogP contribution in [0.1, 0.15) is 61.2 Å². The number of carbonyl (C=O) groups is 4. The zero-order valence-corrected chi connectivity index (χ0v) is 17.6. The summed E-state index contributed by atoms with van der Waals surface area (Å²) in [5.74, 6) is -3.33. The summed E-state index contributed by atoms with van der Waals surface area (Å²) in [5, 5.41) is 29.7. The van der Waals surface area contributed by atoms with Crippen molar-refractivity contribution in [3.8, 4) is 0 Å². The number of rotatable bonds is 0. The van der Waals surface area contributed by atoms with Crippen LogP contribution in [0.4, 0.5) is 0 Å². The van der Waals surface area contributed by atoms with Crippen LogP contribution in [0, 0.1) is 0 Å². The van der Waals surface area contributed by atoms with E-state index >= 15 is 0 Å². The Morgan fingerprint density at radius 2 is 0.840 bits per heavy atom. The van der Waals surface area contributed by atoms with Crippen molar-refractivity contribution in [1.82, 2.24) is 0 Å². The summed E-state index contributed by atoms with van der Waals surface area (Å²) in [4.78, 5) is 36.0. The van der Waals surface area contributed by atoms with Crippen LogP contribution in [0.15, 0.2) is 0 Å². The Balaban J connectivity index is -0.0000000495. The van der Waals surface area contributed by atoms with Crippen LogP contribution in [-0.2, 0) is 19.2 Å². The molecule has 1 rings (SSSR count). The summed E-state index contributed by atoms with van der Waals surface area (Å²) in [5.41, 5.74) is 11.0. The zero-order valence-electron chi connectivity index (χ0n) is 16.6. The maximum absolute atomic E-state index is 9.00. The summed E-state index contributed by atoms with van der Waals surface area (Å²) in [6.07, 6.45) is 5.76. The van der Waals surface area contributed by atoms with Gasteiger partial charge in [0.2, 0.25) is 0 Å². The van der Waals surface area contributed by atoms with Crippen LogP contribution in [0.5, 0.6) is 0 Å². The smallest absolute Gasteiger partial charge is 1.00 e. The maximum atomic E-state index is 9.00. The third kappa shape index (κ3) is 127. The van der Waals surface area contributed by atoms with E-state index in [0.29, 0.717) is 0 Å². The molecule has 0 aromatic rings. The van der Waals surface area contributed by atoms with Crippen LogP contribution < -0.4 is 41.0 Å². The first-order valence-corrected chi connectivity index (χ1v) is 7.00. The quantitative estimate of drug-likeness (QED) is 0.203. The van der Waals surface area contributed by atoms with Gasteiger partial charge in [-0.25, -0.2) is 0 Å². The molecule has 0 saturated heterocycles. The van der Waals surface area contributed by atoms with E-state index in [-0.39, 0.29) is 36.6 Å². The molecule has 0 atom stereocenters. The summed E-state index contributed by atoms with van der Waals surface area (Å²) in [7, 11) is 0. The van der Waals surface area contributed by atoms with Gasteiger partial charge in [0.1, 0.15) is 0 Å². The van der Waals surface area contributed by atoms with Gasteiger partial charge in [0.15, 0.2) is 0 Å². The van der Waals surface area contributed by atoms with Crippen molar-refractivity contribution in [3.05, 3.63) is 0 Å². The van der Waals surface area contributed by atoms with Crippen molar-refractivity contribution < 1.29 is 70.6 Å². The van der Waals surface area contributed by atoms with Gasteiger partial charge in [-0.2, -0.15) is 0 Å². The van der Waals surface area contributed by atoms with Crippen LogP contribution in [0.2, 0.25) is 0 Å². The van der Waals surface area contributed by atoms with Gasteiger partial charge < -0.3 is 33.3 Å². The average Bonchev–Trinajstić information content (AvgIpc) is 2.24. The van der Waals surface area contributed by atoms with Gasteiger partial charge in [-0.1, -0.05) is 19.3 Å². The van der Waals surface area contributed by atoms with Crippen LogP contribution in [-0.4, -0.2) is 50.0 Å². The average molecular weight is 378 g/mol. The first kappa shape index (κ1) is 35.0. The number of carboxylic acids is 4. The number of aliphatic carboxylic acids is 4. The number of nitrogens with two attached hydrogens (primary N) is 2. The van der Waals surface area contributed by atoms with E-state index in [1.807, 2.05) is 0 Å². The van der Waals surface area contributed by atoms with Crippen molar-refractivity contribution in [1.29, 1.82) is 0 Å². The third-order valence-electron chi connectivity index (χ3n) is 1.78. The van der Waals surface area contributed by atoms with Crippen LogP contribution in [0.25, 0.3) is 0 Å². The molecule has 0 spiro atoms. The molecule has 0 radical (unpaired) electrons. The predicted octanol–water partition coefficient (Wildman–Crippen LogP) is -1.96. The largest absolute Gasteiger partial charge is 1.00 e. The van der Waals surface area contributed by atoms with E-state index in [0.717, 1.165) is 40.5 Å². The summed E-state index contributed by atoms with van der Waals surface area (Å²) >= 11 is 0. The molecular weight excluding hydrogens is 347 g/mol. The SMILES string of the molecule is CC(=O)O.CC(=O)O.CC(=O)O.CC(=O)O.NC1(N)CCCCC1.[H-].[Na+]. The van der Waals surface area contributed by atoms with E-state index in [1.54, 1.807) is 0 Å². The van der Waals surface area contributed by atoms with Gasteiger partial charge in [0.05, 0.1) is 5.66 Å². The molecule has 0 unspecified atom stereocenters. The van der Waals surface area contributed by atoms with Crippen LogP contribution in [0.3, 0.4) is 0 Å². The minimum Gasteiger partial charge on any atom is -1.00 e. The van der Waals surface area contributed by atoms with E-state index in [2.05, 4.69) is 0 Å². The molecular formula is C14H31N2NaO8. The fraction of sp³-hybridized carbons (Fsp3) is 0.714. The summed E-state index contributed by atoms with van der Waals surface area (Å²) < 4.78 is 0. The second-order valence-corrected chi connectivity index (χ2v) is 4.87. The second kappa shape index (κ2) is 22.8. The Labute approximate surface area is 171 Å². The fourth-order valence-corrected chi connectivity index (χ4v) is 1.21. The van der Waals surface area contributed by atoms with Gasteiger partial charge in [0, 0.05) is 27.7 Å². The van der Waals surface area contributed by atoms with Crippen LogP contribution >= 0.6 is 0 Å². The van der Waals surface area contributed by atoms with Gasteiger partial charge in [-0.15, -0.1) is 0 Å². The molecule has 0 amide bonds. The molecule has 0 bridgehead atoms. The molecule has 10 nitrogen and oxygen atoms in total. The molecule has 1 saturated carbocycles. The minimum atomic E-state index is -0.833. The molecule has 1 fully saturated rings. The Kier molecular flexibility index (Phi) is 31.9. The molecule has 0 aromatic carbocycles. The van der Waals surface area contributed by atoms with Crippen molar-refractivity contribution >= 4 is 23.9 Å². The molecule has 146 valence electrons. The number of hydrogen-bond donors (Lipinski definition) is 6. The van der Waals surface area contributed by atoms with Crippen molar-refractivity contribution in [2.24, 2.45) is 11.5 Å². The van der Waals surface area contributed by atoms with E-state index in [4.69, 9.17) is 51.1 Å². The molecule has 0 aromatic heterocycles. The summed E-state index contributed by atoms with van der Waals surface area (Å²) in [6, 6.07) is 0. The topological polar surface area (TPSA) is 201 Å². The van der Waals surface area contributed by atoms with Gasteiger partial charge >= 0.3 is 29.6 Å². The first-order chi connectivity index (χ1) is 10.6. The first-order valence-electron chi connectivity index (χ1n) is 7.00.